The molecule has 2 aromatic carbocycles. The van der Waals surface area contributed by atoms with E-state index in [-0.39, 0.29) is 24.5 Å². The molecule has 0 saturated carbocycles. The van der Waals surface area contributed by atoms with Crippen LogP contribution in [0.1, 0.15) is 32.2 Å². The zero-order valence-electron chi connectivity index (χ0n) is 16.9. The summed E-state index contributed by atoms with van der Waals surface area (Å²) in [6, 6.07) is 13.3. The van der Waals surface area contributed by atoms with E-state index in [0.717, 1.165) is 0 Å². The molecule has 0 aliphatic rings. The topological polar surface area (TPSA) is 77.6 Å². The molecule has 0 radical (unpaired) electrons. The van der Waals surface area contributed by atoms with Crippen molar-refractivity contribution in [3.05, 3.63) is 70.8 Å². The van der Waals surface area contributed by atoms with Gasteiger partial charge < -0.3 is 9.26 Å². The molecule has 0 saturated heterocycles. The van der Waals surface area contributed by atoms with Crippen molar-refractivity contribution >= 4 is 23.4 Å². The fourth-order valence-corrected chi connectivity index (χ4v) is 2.85. The van der Waals surface area contributed by atoms with Crippen LogP contribution < -0.4 is 0 Å². The van der Waals surface area contributed by atoms with Gasteiger partial charge in [-0.05, 0) is 44.5 Å². The summed E-state index contributed by atoms with van der Waals surface area (Å²) in [5.74, 6) is 0.207. The quantitative estimate of drug-likeness (QED) is 0.487. The highest BCUT2D eigenvalue weighted by atomic mass is 35.5. The van der Waals surface area contributed by atoms with Crippen molar-refractivity contribution < 1.29 is 18.4 Å². The van der Waals surface area contributed by atoms with Gasteiger partial charge in [-0.2, -0.15) is 9.98 Å². The molecule has 3 aromatic rings. The third-order valence-corrected chi connectivity index (χ3v) is 4.14. The Morgan fingerprint density at radius 2 is 1.93 bits per heavy atom. The van der Waals surface area contributed by atoms with Crippen LogP contribution in [0, 0.1) is 5.82 Å². The molecule has 156 valence electrons. The van der Waals surface area contributed by atoms with E-state index >= 15 is 0 Å². The molecule has 0 aliphatic carbocycles. The number of carbonyl (C=O) groups excluding carboxylic acids is 1. The highest BCUT2D eigenvalue weighted by Gasteiger charge is 2.19. The van der Waals surface area contributed by atoms with Crippen molar-refractivity contribution in [2.45, 2.75) is 39.2 Å². The lowest BCUT2D eigenvalue weighted by Crippen LogP contribution is -2.23. The molecular weight excluding hydrogens is 409 g/mol. The standard InChI is InChI=1S/C22H21ClFN3O3/c1-22(2,3)29-21(28)25-17(12-14-7-4-5-10-18(14)24)13-19-26-20(27-30-19)15-8-6-9-16(23)11-15/h4-11H,12-13H2,1-3H3/b25-17-. The SMILES string of the molecule is CC(C)(C)OC(=O)/N=C(\Cc1nc(-c2cccc(Cl)c2)no1)Cc1ccccc1F. The van der Waals surface area contributed by atoms with E-state index in [1.165, 1.54) is 6.07 Å². The molecule has 1 aromatic heterocycles. The van der Waals surface area contributed by atoms with Crippen molar-refractivity contribution in [1.29, 1.82) is 0 Å². The van der Waals surface area contributed by atoms with Crippen LogP contribution in [0.5, 0.6) is 0 Å². The minimum absolute atomic E-state index is 0.0706. The summed E-state index contributed by atoms with van der Waals surface area (Å²) in [4.78, 5) is 20.6. The first-order valence-electron chi connectivity index (χ1n) is 9.31. The Kier molecular flexibility index (Phi) is 6.62. The largest absolute Gasteiger partial charge is 0.442 e. The molecule has 1 heterocycles. The van der Waals surface area contributed by atoms with Crippen LogP contribution in [0.3, 0.4) is 0 Å². The fourth-order valence-electron chi connectivity index (χ4n) is 2.66. The van der Waals surface area contributed by atoms with Crippen LogP contribution >= 0.6 is 11.6 Å². The number of aliphatic imine (C=N–C) groups is 1. The maximum absolute atomic E-state index is 14.1. The first-order chi connectivity index (χ1) is 14.2. The summed E-state index contributed by atoms with van der Waals surface area (Å²) in [6.45, 7) is 5.23. The van der Waals surface area contributed by atoms with Gasteiger partial charge in [0, 0.05) is 22.7 Å². The van der Waals surface area contributed by atoms with Crippen molar-refractivity contribution in [1.82, 2.24) is 10.1 Å². The van der Waals surface area contributed by atoms with Gasteiger partial charge in [0.1, 0.15) is 11.4 Å². The maximum Gasteiger partial charge on any atom is 0.434 e. The average Bonchev–Trinajstić information content (AvgIpc) is 3.10. The second-order valence-electron chi connectivity index (χ2n) is 7.63. The van der Waals surface area contributed by atoms with E-state index in [9.17, 15) is 9.18 Å². The van der Waals surface area contributed by atoms with E-state index in [0.29, 0.717) is 27.7 Å². The van der Waals surface area contributed by atoms with E-state index in [1.54, 1.807) is 63.2 Å². The summed E-state index contributed by atoms with van der Waals surface area (Å²) in [5.41, 5.74) is 0.732. The number of amides is 1. The summed E-state index contributed by atoms with van der Waals surface area (Å²) < 4.78 is 24.7. The molecule has 0 unspecified atom stereocenters. The van der Waals surface area contributed by atoms with Gasteiger partial charge in [-0.15, -0.1) is 0 Å². The van der Waals surface area contributed by atoms with Gasteiger partial charge in [-0.1, -0.05) is 47.1 Å². The van der Waals surface area contributed by atoms with E-state index in [2.05, 4.69) is 15.1 Å². The predicted molar refractivity (Wildman–Crippen MR) is 112 cm³/mol. The number of ether oxygens (including phenoxy) is 1. The van der Waals surface area contributed by atoms with Crippen LogP contribution in [-0.2, 0) is 17.6 Å². The van der Waals surface area contributed by atoms with Gasteiger partial charge in [0.05, 0.1) is 6.42 Å². The van der Waals surface area contributed by atoms with Gasteiger partial charge in [0.25, 0.3) is 0 Å². The number of halogens is 2. The third kappa shape index (κ3) is 6.22. The lowest BCUT2D eigenvalue weighted by atomic mass is 10.1. The lowest BCUT2D eigenvalue weighted by Gasteiger charge is -2.17. The first kappa shape index (κ1) is 21.6. The Labute approximate surface area is 178 Å². The number of hydrogen-bond donors (Lipinski definition) is 0. The van der Waals surface area contributed by atoms with Crippen molar-refractivity contribution in [3.8, 4) is 11.4 Å². The van der Waals surface area contributed by atoms with Crippen LogP contribution in [0.15, 0.2) is 58.0 Å². The van der Waals surface area contributed by atoms with E-state index in [1.807, 2.05) is 0 Å². The number of rotatable bonds is 5. The minimum atomic E-state index is -0.761. The second-order valence-corrected chi connectivity index (χ2v) is 8.06. The maximum atomic E-state index is 14.1. The normalized spacial score (nSPS) is 12.1. The number of aromatic nitrogens is 2. The highest BCUT2D eigenvalue weighted by molar-refractivity contribution is 6.30. The first-order valence-corrected chi connectivity index (χ1v) is 9.69. The Balaban J connectivity index is 1.85. The Bertz CT molecular complexity index is 1070. The van der Waals surface area contributed by atoms with E-state index in [4.69, 9.17) is 20.9 Å². The van der Waals surface area contributed by atoms with Crippen LogP contribution in [0.4, 0.5) is 9.18 Å². The fraction of sp³-hybridized carbons (Fsp3) is 0.273. The molecule has 8 heteroatoms. The van der Waals surface area contributed by atoms with Gasteiger partial charge in [0.2, 0.25) is 11.7 Å². The molecule has 0 spiro atoms. The Hall–Kier alpha value is -3.06. The molecule has 0 aliphatic heterocycles. The molecule has 0 bridgehead atoms. The third-order valence-electron chi connectivity index (χ3n) is 3.90. The monoisotopic (exact) mass is 429 g/mol. The summed E-state index contributed by atoms with van der Waals surface area (Å²) in [5, 5.41) is 4.50. The molecule has 0 N–H and O–H groups in total. The Morgan fingerprint density at radius 3 is 2.63 bits per heavy atom. The Morgan fingerprint density at radius 1 is 1.17 bits per heavy atom. The highest BCUT2D eigenvalue weighted by Crippen LogP contribution is 2.20. The molecule has 6 nitrogen and oxygen atoms in total. The minimum Gasteiger partial charge on any atom is -0.442 e. The smallest absolute Gasteiger partial charge is 0.434 e. The van der Waals surface area contributed by atoms with Crippen LogP contribution in [-0.4, -0.2) is 27.5 Å². The van der Waals surface area contributed by atoms with Gasteiger partial charge in [-0.25, -0.2) is 9.18 Å². The summed E-state index contributed by atoms with van der Waals surface area (Å²) in [6.07, 6.45) is -0.592. The predicted octanol–water partition coefficient (Wildman–Crippen LogP) is 5.69. The number of benzene rings is 2. The van der Waals surface area contributed by atoms with Crippen molar-refractivity contribution in [2.75, 3.05) is 0 Å². The lowest BCUT2D eigenvalue weighted by molar-refractivity contribution is 0.0604. The number of hydrogen-bond acceptors (Lipinski definition) is 5. The zero-order valence-corrected chi connectivity index (χ0v) is 17.6. The summed E-state index contributed by atoms with van der Waals surface area (Å²) in [7, 11) is 0. The van der Waals surface area contributed by atoms with Crippen LogP contribution in [0.2, 0.25) is 5.02 Å². The molecule has 1 amide bonds. The second kappa shape index (κ2) is 9.17. The molecule has 30 heavy (non-hydrogen) atoms. The number of carbonyl (C=O) groups is 1. The van der Waals surface area contributed by atoms with Crippen LogP contribution in [0.25, 0.3) is 11.4 Å². The average molecular weight is 430 g/mol. The molecular formula is C22H21ClFN3O3. The van der Waals surface area contributed by atoms with Crippen molar-refractivity contribution in [2.24, 2.45) is 4.99 Å². The van der Waals surface area contributed by atoms with Gasteiger partial charge in [-0.3, -0.25) is 0 Å². The van der Waals surface area contributed by atoms with Gasteiger partial charge in [0.15, 0.2) is 0 Å². The summed E-state index contributed by atoms with van der Waals surface area (Å²) >= 11 is 6.01. The molecule has 3 rings (SSSR count). The van der Waals surface area contributed by atoms with E-state index < -0.39 is 11.7 Å². The van der Waals surface area contributed by atoms with Gasteiger partial charge >= 0.3 is 6.09 Å². The number of nitrogens with zero attached hydrogens (tertiary/aromatic N) is 3. The molecule has 0 fully saturated rings. The van der Waals surface area contributed by atoms with Crippen molar-refractivity contribution in [3.63, 3.8) is 0 Å². The zero-order chi connectivity index (χ0) is 21.7. The molecule has 0 atom stereocenters.